The highest BCUT2D eigenvalue weighted by Crippen LogP contribution is 2.28. The van der Waals surface area contributed by atoms with Gasteiger partial charge in [0.15, 0.2) is 0 Å². The number of thioether (sulfide) groups is 1. The monoisotopic (exact) mass is 231 g/mol. The van der Waals surface area contributed by atoms with Crippen molar-refractivity contribution < 1.29 is 4.74 Å². The Hall–Kier alpha value is 0.270. The number of rotatable bonds is 6. The molecule has 0 aliphatic carbocycles. The van der Waals surface area contributed by atoms with Gasteiger partial charge in [0.25, 0.3) is 0 Å². The molecule has 2 nitrogen and oxygen atoms in total. The van der Waals surface area contributed by atoms with Gasteiger partial charge in [0, 0.05) is 29.8 Å². The van der Waals surface area contributed by atoms with Crippen LogP contribution in [0.1, 0.15) is 40.0 Å². The Balaban J connectivity index is 2.27. The van der Waals surface area contributed by atoms with Gasteiger partial charge in [0.05, 0.1) is 0 Å². The molecule has 3 heteroatoms. The Morgan fingerprint density at radius 2 is 2.00 bits per heavy atom. The van der Waals surface area contributed by atoms with Crippen molar-refractivity contribution in [2.45, 2.75) is 56.6 Å². The van der Waals surface area contributed by atoms with Crippen molar-refractivity contribution in [2.75, 3.05) is 19.8 Å². The highest BCUT2D eigenvalue weighted by Gasteiger charge is 2.21. The smallest absolute Gasteiger partial charge is 0.0476 e. The first-order valence-corrected chi connectivity index (χ1v) is 7.18. The third-order valence-corrected chi connectivity index (χ3v) is 4.66. The average Bonchev–Trinajstić information content (AvgIpc) is 2.27. The molecular weight excluding hydrogens is 206 g/mol. The van der Waals surface area contributed by atoms with Gasteiger partial charge in [-0.1, -0.05) is 20.8 Å². The van der Waals surface area contributed by atoms with Gasteiger partial charge in [-0.3, -0.25) is 0 Å². The molecule has 1 rings (SSSR count). The number of hydrogen-bond acceptors (Lipinski definition) is 3. The van der Waals surface area contributed by atoms with Gasteiger partial charge in [0.2, 0.25) is 0 Å². The van der Waals surface area contributed by atoms with Crippen LogP contribution in [0, 0.1) is 0 Å². The minimum Gasteiger partial charge on any atom is -0.381 e. The van der Waals surface area contributed by atoms with Crippen LogP contribution < -0.4 is 5.32 Å². The molecule has 1 heterocycles. The van der Waals surface area contributed by atoms with Crippen LogP contribution in [0.15, 0.2) is 0 Å². The lowest BCUT2D eigenvalue weighted by atomic mass is 10.1. The molecule has 2 atom stereocenters. The molecule has 0 aromatic rings. The van der Waals surface area contributed by atoms with Gasteiger partial charge in [0.1, 0.15) is 0 Å². The second-order valence-electron chi connectivity index (χ2n) is 4.23. The maximum absolute atomic E-state index is 5.39. The molecule has 1 N–H and O–H groups in total. The van der Waals surface area contributed by atoms with Crippen molar-refractivity contribution in [2.24, 2.45) is 0 Å². The van der Waals surface area contributed by atoms with Crippen LogP contribution in [0.25, 0.3) is 0 Å². The largest absolute Gasteiger partial charge is 0.381 e. The molecule has 0 radical (unpaired) electrons. The van der Waals surface area contributed by atoms with E-state index in [9.17, 15) is 0 Å². The third kappa shape index (κ3) is 4.75. The first-order chi connectivity index (χ1) is 7.27. The molecular formula is C12H25NOS. The van der Waals surface area contributed by atoms with Crippen LogP contribution in [-0.4, -0.2) is 36.3 Å². The zero-order valence-electron chi connectivity index (χ0n) is 10.3. The van der Waals surface area contributed by atoms with Crippen molar-refractivity contribution in [1.82, 2.24) is 5.32 Å². The lowest BCUT2D eigenvalue weighted by molar-refractivity contribution is 0.0999. The summed E-state index contributed by atoms with van der Waals surface area (Å²) in [6.45, 7) is 9.82. The standard InChI is InChI=1S/C12H25NOS/c1-4-12(13-5-2)10(3)15-11-6-8-14-9-7-11/h10-13H,4-9H2,1-3H3. The Morgan fingerprint density at radius 3 is 2.53 bits per heavy atom. The van der Waals surface area contributed by atoms with Gasteiger partial charge in [-0.15, -0.1) is 0 Å². The highest BCUT2D eigenvalue weighted by atomic mass is 32.2. The van der Waals surface area contributed by atoms with E-state index in [2.05, 4.69) is 37.8 Å². The van der Waals surface area contributed by atoms with E-state index in [-0.39, 0.29) is 0 Å². The zero-order valence-corrected chi connectivity index (χ0v) is 11.1. The summed E-state index contributed by atoms with van der Waals surface area (Å²) in [4.78, 5) is 0. The van der Waals surface area contributed by atoms with E-state index in [1.54, 1.807) is 0 Å². The third-order valence-electron chi connectivity index (χ3n) is 3.05. The summed E-state index contributed by atoms with van der Waals surface area (Å²) >= 11 is 2.15. The van der Waals surface area contributed by atoms with Crippen LogP contribution in [-0.2, 0) is 4.74 Å². The maximum atomic E-state index is 5.39. The van der Waals surface area contributed by atoms with Crippen LogP contribution in [0.4, 0.5) is 0 Å². The van der Waals surface area contributed by atoms with Crippen LogP contribution in [0.3, 0.4) is 0 Å². The molecule has 0 bridgehead atoms. The summed E-state index contributed by atoms with van der Waals surface area (Å²) in [6.07, 6.45) is 3.69. The van der Waals surface area contributed by atoms with E-state index in [1.165, 1.54) is 19.3 Å². The SMILES string of the molecule is CCNC(CC)C(C)SC1CCOCC1. The summed E-state index contributed by atoms with van der Waals surface area (Å²) in [6, 6.07) is 0.669. The van der Waals surface area contributed by atoms with E-state index >= 15 is 0 Å². The molecule has 0 amide bonds. The van der Waals surface area contributed by atoms with Gasteiger partial charge in [-0.25, -0.2) is 0 Å². The Labute approximate surface area is 98.5 Å². The summed E-state index contributed by atoms with van der Waals surface area (Å²) in [5.41, 5.74) is 0. The van der Waals surface area contributed by atoms with Crippen LogP contribution in [0.5, 0.6) is 0 Å². The molecule has 0 saturated carbocycles. The molecule has 2 unspecified atom stereocenters. The minimum absolute atomic E-state index is 0.669. The molecule has 1 saturated heterocycles. The summed E-state index contributed by atoms with van der Waals surface area (Å²) in [5, 5.41) is 5.11. The number of nitrogens with one attached hydrogen (secondary N) is 1. The summed E-state index contributed by atoms with van der Waals surface area (Å²) in [7, 11) is 0. The van der Waals surface area contributed by atoms with E-state index in [1.807, 2.05) is 0 Å². The Kier molecular flexibility index (Phi) is 6.69. The molecule has 1 aliphatic rings. The highest BCUT2D eigenvalue weighted by molar-refractivity contribution is 8.00. The van der Waals surface area contributed by atoms with Gasteiger partial charge in [-0.2, -0.15) is 11.8 Å². The molecule has 0 aromatic heterocycles. The first kappa shape index (κ1) is 13.3. The second kappa shape index (κ2) is 7.53. The van der Waals surface area contributed by atoms with Crippen molar-refractivity contribution in [3.8, 4) is 0 Å². The fourth-order valence-electron chi connectivity index (χ4n) is 2.11. The lowest BCUT2D eigenvalue weighted by Crippen LogP contribution is -2.37. The lowest BCUT2D eigenvalue weighted by Gasteiger charge is -2.29. The Morgan fingerprint density at radius 1 is 1.33 bits per heavy atom. The van der Waals surface area contributed by atoms with E-state index in [0.717, 1.165) is 30.3 Å². The van der Waals surface area contributed by atoms with Crippen molar-refractivity contribution in [3.63, 3.8) is 0 Å². The predicted molar refractivity (Wildman–Crippen MR) is 68.6 cm³/mol. The van der Waals surface area contributed by atoms with E-state index in [4.69, 9.17) is 4.74 Å². The summed E-state index contributed by atoms with van der Waals surface area (Å²) < 4.78 is 5.39. The second-order valence-corrected chi connectivity index (χ2v) is 5.91. The van der Waals surface area contributed by atoms with Crippen molar-refractivity contribution >= 4 is 11.8 Å². The topological polar surface area (TPSA) is 21.3 Å². The fourth-order valence-corrected chi connectivity index (χ4v) is 3.66. The number of hydrogen-bond donors (Lipinski definition) is 1. The molecule has 0 spiro atoms. The van der Waals surface area contributed by atoms with Crippen molar-refractivity contribution in [1.29, 1.82) is 0 Å². The first-order valence-electron chi connectivity index (χ1n) is 6.24. The predicted octanol–water partition coefficient (Wildman–Crippen LogP) is 2.68. The Bertz CT molecular complexity index is 160. The molecule has 1 aliphatic heterocycles. The summed E-state index contributed by atoms with van der Waals surface area (Å²) in [5.74, 6) is 0. The normalized spacial score (nSPS) is 22.6. The fraction of sp³-hybridized carbons (Fsp3) is 1.00. The molecule has 0 aromatic carbocycles. The minimum atomic E-state index is 0.669. The van der Waals surface area contributed by atoms with Crippen LogP contribution in [0.2, 0.25) is 0 Å². The maximum Gasteiger partial charge on any atom is 0.0476 e. The molecule has 1 fully saturated rings. The van der Waals surface area contributed by atoms with Gasteiger partial charge in [-0.05, 0) is 25.8 Å². The van der Waals surface area contributed by atoms with Gasteiger partial charge < -0.3 is 10.1 Å². The molecule has 90 valence electrons. The van der Waals surface area contributed by atoms with Crippen molar-refractivity contribution in [3.05, 3.63) is 0 Å². The van der Waals surface area contributed by atoms with Gasteiger partial charge >= 0.3 is 0 Å². The number of ether oxygens (including phenoxy) is 1. The average molecular weight is 231 g/mol. The quantitative estimate of drug-likeness (QED) is 0.759. The van der Waals surface area contributed by atoms with E-state index < -0.39 is 0 Å². The van der Waals surface area contributed by atoms with E-state index in [0.29, 0.717) is 6.04 Å². The van der Waals surface area contributed by atoms with Crippen LogP contribution >= 0.6 is 11.8 Å². The zero-order chi connectivity index (χ0) is 11.1. The molecule has 15 heavy (non-hydrogen) atoms.